The van der Waals surface area contributed by atoms with Gasteiger partial charge in [-0.2, -0.15) is 0 Å². The van der Waals surface area contributed by atoms with Gasteiger partial charge in [0.1, 0.15) is 11.2 Å². The Labute approximate surface area is 283 Å². The van der Waals surface area contributed by atoms with Crippen LogP contribution in [0.4, 0.5) is 17.1 Å². The summed E-state index contributed by atoms with van der Waals surface area (Å²) in [5.74, 6) is 0. The van der Waals surface area contributed by atoms with E-state index < -0.39 is 0 Å². The van der Waals surface area contributed by atoms with Crippen molar-refractivity contribution in [2.75, 3.05) is 4.90 Å². The third-order valence-electron chi connectivity index (χ3n) is 9.76. The molecule has 2 aromatic heterocycles. The molecule has 2 heterocycles. The molecule has 0 amide bonds. The maximum atomic E-state index is 6.64. The van der Waals surface area contributed by atoms with Gasteiger partial charge in [0.15, 0.2) is 0 Å². The number of hydrogen-bond acceptors (Lipinski definition) is 2. The Morgan fingerprint density at radius 3 is 1.78 bits per heavy atom. The summed E-state index contributed by atoms with van der Waals surface area (Å²) in [6.45, 7) is 0. The van der Waals surface area contributed by atoms with Crippen molar-refractivity contribution in [1.82, 2.24) is 4.57 Å². The molecule has 0 saturated carbocycles. The normalized spacial score (nSPS) is 11.7. The highest BCUT2D eigenvalue weighted by Crippen LogP contribution is 2.41. The minimum absolute atomic E-state index is 0.870. The van der Waals surface area contributed by atoms with Gasteiger partial charge in [-0.25, -0.2) is 0 Å². The molecule has 0 bridgehead atoms. The molecule has 8 aromatic carbocycles. The minimum Gasteiger partial charge on any atom is -0.455 e. The van der Waals surface area contributed by atoms with E-state index in [-0.39, 0.29) is 0 Å². The molecule has 0 radical (unpaired) electrons. The van der Waals surface area contributed by atoms with Gasteiger partial charge in [0, 0.05) is 55.7 Å². The summed E-state index contributed by atoms with van der Waals surface area (Å²) in [4.78, 5) is 2.33. The summed E-state index contributed by atoms with van der Waals surface area (Å²) in [5.41, 5.74) is 10.9. The molecule has 230 valence electrons. The van der Waals surface area contributed by atoms with Gasteiger partial charge >= 0.3 is 0 Å². The molecule has 0 fully saturated rings. The molecule has 0 saturated heterocycles. The zero-order chi connectivity index (χ0) is 32.3. The van der Waals surface area contributed by atoms with Crippen LogP contribution in [0.15, 0.2) is 186 Å². The molecule has 3 nitrogen and oxygen atoms in total. The van der Waals surface area contributed by atoms with E-state index >= 15 is 0 Å². The Morgan fingerprint density at radius 1 is 0.388 bits per heavy atom. The van der Waals surface area contributed by atoms with Crippen LogP contribution in [0.3, 0.4) is 0 Å². The van der Waals surface area contributed by atoms with Gasteiger partial charge in [-0.05, 0) is 83.2 Å². The number of aromatic nitrogens is 1. The van der Waals surface area contributed by atoms with E-state index in [4.69, 9.17) is 4.42 Å². The van der Waals surface area contributed by atoms with Gasteiger partial charge in [0.2, 0.25) is 0 Å². The Balaban J connectivity index is 1.15. The predicted octanol–water partition coefficient (Wildman–Crippen LogP) is 13.0. The molecule has 49 heavy (non-hydrogen) atoms. The van der Waals surface area contributed by atoms with Crippen LogP contribution in [-0.2, 0) is 0 Å². The largest absolute Gasteiger partial charge is 0.455 e. The average molecular weight is 627 g/mol. The van der Waals surface area contributed by atoms with Crippen LogP contribution in [0, 0.1) is 0 Å². The second kappa shape index (κ2) is 11.0. The van der Waals surface area contributed by atoms with Gasteiger partial charge in [-0.1, -0.05) is 109 Å². The van der Waals surface area contributed by atoms with E-state index in [1.54, 1.807) is 0 Å². The number of nitrogens with zero attached hydrogens (tertiary/aromatic N) is 2. The molecule has 0 unspecified atom stereocenters. The fourth-order valence-corrected chi connectivity index (χ4v) is 7.49. The molecule has 0 N–H and O–H groups in total. The van der Waals surface area contributed by atoms with Crippen molar-refractivity contribution in [2.24, 2.45) is 0 Å². The number of benzene rings is 8. The third-order valence-corrected chi connectivity index (χ3v) is 9.76. The molecule has 0 aliphatic carbocycles. The number of fused-ring (bicyclic) bond motifs is 8. The van der Waals surface area contributed by atoms with Crippen LogP contribution in [0.1, 0.15) is 0 Å². The summed E-state index contributed by atoms with van der Waals surface area (Å²) in [5, 5.41) is 7.07. The van der Waals surface area contributed by atoms with Gasteiger partial charge < -0.3 is 13.9 Å². The van der Waals surface area contributed by atoms with E-state index in [1.807, 2.05) is 0 Å². The number of hydrogen-bond donors (Lipinski definition) is 0. The number of rotatable bonds is 5. The second-order valence-corrected chi connectivity index (χ2v) is 12.6. The Kier molecular flexibility index (Phi) is 6.18. The quantitative estimate of drug-likeness (QED) is 0.190. The molecular weight excluding hydrogens is 597 g/mol. The topological polar surface area (TPSA) is 21.3 Å². The van der Waals surface area contributed by atoms with Crippen molar-refractivity contribution >= 4 is 71.6 Å². The fraction of sp³-hybridized carbons (Fsp3) is 0. The second-order valence-electron chi connectivity index (χ2n) is 12.6. The lowest BCUT2D eigenvalue weighted by Crippen LogP contribution is -2.10. The van der Waals surface area contributed by atoms with E-state index in [1.165, 1.54) is 38.3 Å². The summed E-state index contributed by atoms with van der Waals surface area (Å²) < 4.78 is 9.00. The predicted molar refractivity (Wildman–Crippen MR) is 206 cm³/mol. The smallest absolute Gasteiger partial charge is 0.143 e. The van der Waals surface area contributed by atoms with Gasteiger partial charge in [0.25, 0.3) is 0 Å². The molecule has 10 rings (SSSR count). The Morgan fingerprint density at radius 2 is 1.00 bits per heavy atom. The molecular formula is C46H30N2O. The first kappa shape index (κ1) is 27.5. The van der Waals surface area contributed by atoms with Crippen LogP contribution < -0.4 is 4.90 Å². The van der Waals surface area contributed by atoms with Crippen molar-refractivity contribution in [1.29, 1.82) is 0 Å². The van der Waals surface area contributed by atoms with E-state index in [9.17, 15) is 0 Å². The maximum Gasteiger partial charge on any atom is 0.143 e. The monoisotopic (exact) mass is 626 g/mol. The van der Waals surface area contributed by atoms with Crippen molar-refractivity contribution in [2.45, 2.75) is 0 Å². The first-order valence-electron chi connectivity index (χ1n) is 16.7. The molecule has 0 spiro atoms. The van der Waals surface area contributed by atoms with Gasteiger partial charge in [-0.15, -0.1) is 0 Å². The lowest BCUT2D eigenvalue weighted by Gasteiger charge is -2.26. The fourth-order valence-electron chi connectivity index (χ4n) is 7.49. The highest BCUT2D eigenvalue weighted by Gasteiger charge is 2.18. The van der Waals surface area contributed by atoms with Gasteiger partial charge in [0.05, 0.1) is 11.0 Å². The number of para-hydroxylation sites is 2. The van der Waals surface area contributed by atoms with Crippen LogP contribution in [-0.4, -0.2) is 4.57 Å². The van der Waals surface area contributed by atoms with Crippen molar-refractivity contribution < 1.29 is 4.42 Å². The van der Waals surface area contributed by atoms with Gasteiger partial charge in [-0.3, -0.25) is 0 Å². The number of anilines is 3. The van der Waals surface area contributed by atoms with Crippen LogP contribution in [0.5, 0.6) is 0 Å². The highest BCUT2D eigenvalue weighted by molar-refractivity contribution is 6.15. The average Bonchev–Trinajstić information content (AvgIpc) is 3.72. The SMILES string of the molecule is c1ccc(-c2cccc(N(c3ccc(-n4c5ccccc5c5ccccc54)cc3)c3ccc4c(c3)oc3c5ccccc5ccc43)c2)cc1. The first-order chi connectivity index (χ1) is 24.3. The molecule has 0 aliphatic heterocycles. The maximum absolute atomic E-state index is 6.64. The lowest BCUT2D eigenvalue weighted by molar-refractivity contribution is 0.672. The van der Waals surface area contributed by atoms with E-state index in [2.05, 4.69) is 191 Å². The number of furan rings is 1. The standard InChI is InChI=1S/C46H30N2O/c1-2-11-31(12-3-1)33-14-10-15-36(29-33)47(37-26-28-41-42-27-21-32-13-4-5-16-38(32)46(42)49-45(41)30-37)34-22-24-35(25-23-34)48-43-19-8-6-17-39(43)40-18-7-9-20-44(40)48/h1-30H. The van der Waals surface area contributed by atoms with Crippen LogP contribution in [0.2, 0.25) is 0 Å². The van der Waals surface area contributed by atoms with Crippen LogP contribution >= 0.6 is 0 Å². The first-order valence-corrected chi connectivity index (χ1v) is 16.7. The molecule has 0 atom stereocenters. The summed E-state index contributed by atoms with van der Waals surface area (Å²) in [7, 11) is 0. The molecule has 0 aliphatic rings. The third kappa shape index (κ3) is 4.44. The summed E-state index contributed by atoms with van der Waals surface area (Å²) in [6, 6.07) is 64.9. The molecule has 10 aromatic rings. The summed E-state index contributed by atoms with van der Waals surface area (Å²) in [6.07, 6.45) is 0. The Hall–Kier alpha value is -6.58. The van der Waals surface area contributed by atoms with Crippen molar-refractivity contribution in [3.05, 3.63) is 182 Å². The zero-order valence-corrected chi connectivity index (χ0v) is 26.6. The van der Waals surface area contributed by atoms with Crippen molar-refractivity contribution in [3.63, 3.8) is 0 Å². The van der Waals surface area contributed by atoms with Crippen LogP contribution in [0.25, 0.3) is 71.3 Å². The van der Waals surface area contributed by atoms with Crippen molar-refractivity contribution in [3.8, 4) is 16.8 Å². The molecule has 3 heteroatoms. The van der Waals surface area contributed by atoms with E-state index in [0.29, 0.717) is 0 Å². The lowest BCUT2D eigenvalue weighted by atomic mass is 10.0. The minimum atomic E-state index is 0.870. The summed E-state index contributed by atoms with van der Waals surface area (Å²) >= 11 is 0. The van der Waals surface area contributed by atoms with E-state index in [0.717, 1.165) is 50.1 Å². The Bertz CT molecular complexity index is 2770. The zero-order valence-electron chi connectivity index (χ0n) is 26.6. The highest BCUT2D eigenvalue weighted by atomic mass is 16.3.